The van der Waals surface area contributed by atoms with Gasteiger partial charge in [-0.15, -0.1) is 0 Å². The van der Waals surface area contributed by atoms with E-state index >= 15 is 0 Å². The summed E-state index contributed by atoms with van der Waals surface area (Å²) < 4.78 is 30.3. The second-order valence-electron chi connectivity index (χ2n) is 4.44. The van der Waals surface area contributed by atoms with E-state index in [1.165, 1.54) is 18.2 Å². The van der Waals surface area contributed by atoms with E-state index in [1.807, 2.05) is 0 Å². The van der Waals surface area contributed by atoms with Crippen molar-refractivity contribution in [3.63, 3.8) is 0 Å². The van der Waals surface area contributed by atoms with Gasteiger partial charge in [0.2, 0.25) is 0 Å². The number of benzene rings is 1. The lowest BCUT2D eigenvalue weighted by Crippen LogP contribution is -2.27. The fraction of sp³-hybridized carbons (Fsp3) is 0.462. The summed E-state index contributed by atoms with van der Waals surface area (Å²) in [6.07, 6.45) is -3.29. The molecule has 3 nitrogen and oxygen atoms in total. The van der Waals surface area contributed by atoms with E-state index in [4.69, 9.17) is 4.74 Å². The summed E-state index contributed by atoms with van der Waals surface area (Å²) in [6.45, 7) is 0.530. The summed E-state index contributed by atoms with van der Waals surface area (Å²) in [5.74, 6) is 0. The molecule has 2 unspecified atom stereocenters. The van der Waals surface area contributed by atoms with Gasteiger partial charge in [0.25, 0.3) is 6.43 Å². The maximum Gasteiger partial charge on any atom is 0.263 e. The predicted molar refractivity (Wildman–Crippen MR) is 59.8 cm³/mol. The number of hydrogen-bond donors (Lipinski definition) is 1. The highest BCUT2D eigenvalue weighted by atomic mass is 19.3. The number of nitriles is 1. The third-order valence-corrected chi connectivity index (χ3v) is 3.28. The van der Waals surface area contributed by atoms with Crippen LogP contribution in [0.3, 0.4) is 0 Å². The molecule has 96 valence electrons. The zero-order valence-electron chi connectivity index (χ0n) is 9.64. The predicted octanol–water partition coefficient (Wildman–Crippen LogP) is 2.59. The Morgan fingerprint density at radius 3 is 2.67 bits per heavy atom. The molecule has 1 aromatic rings. The van der Waals surface area contributed by atoms with E-state index in [9.17, 15) is 19.1 Å². The van der Waals surface area contributed by atoms with E-state index in [2.05, 4.69) is 6.07 Å². The largest absolute Gasteiger partial charge is 0.387 e. The van der Waals surface area contributed by atoms with Gasteiger partial charge in [0.05, 0.1) is 18.8 Å². The Bertz CT molecular complexity index is 464. The number of ether oxygens (including phenoxy) is 1. The highest BCUT2D eigenvalue weighted by Crippen LogP contribution is 2.41. The Labute approximate surface area is 104 Å². The molecule has 0 aliphatic carbocycles. The van der Waals surface area contributed by atoms with Crippen molar-refractivity contribution in [3.8, 4) is 6.07 Å². The zero-order valence-corrected chi connectivity index (χ0v) is 9.64. The lowest BCUT2D eigenvalue weighted by atomic mass is 9.79. The standard InChI is InChI=1S/C13H13F2NO2/c14-12(15)10-3-1-2-9(6-10)11(17)13(7-16)4-5-18-8-13/h1-3,6,11-12,17H,4-5,8H2. The van der Waals surface area contributed by atoms with Crippen LogP contribution in [0.5, 0.6) is 0 Å². The Morgan fingerprint density at radius 2 is 2.11 bits per heavy atom. The van der Waals surface area contributed by atoms with E-state index < -0.39 is 17.9 Å². The monoisotopic (exact) mass is 253 g/mol. The van der Waals surface area contributed by atoms with Gasteiger partial charge < -0.3 is 9.84 Å². The van der Waals surface area contributed by atoms with E-state index in [-0.39, 0.29) is 12.2 Å². The maximum absolute atomic E-state index is 12.6. The summed E-state index contributed by atoms with van der Waals surface area (Å²) in [4.78, 5) is 0. The number of halogens is 2. The van der Waals surface area contributed by atoms with Gasteiger partial charge in [0.15, 0.2) is 0 Å². The molecule has 2 rings (SSSR count). The van der Waals surface area contributed by atoms with E-state index in [1.54, 1.807) is 6.07 Å². The summed E-state index contributed by atoms with van der Waals surface area (Å²) in [6, 6.07) is 7.61. The first kappa shape index (κ1) is 12.9. The number of nitrogens with zero attached hydrogens (tertiary/aromatic N) is 1. The van der Waals surface area contributed by atoms with Crippen LogP contribution < -0.4 is 0 Å². The minimum absolute atomic E-state index is 0.129. The topological polar surface area (TPSA) is 53.2 Å². The van der Waals surface area contributed by atoms with Crippen molar-refractivity contribution in [2.24, 2.45) is 5.41 Å². The van der Waals surface area contributed by atoms with Gasteiger partial charge in [-0.25, -0.2) is 8.78 Å². The Hall–Kier alpha value is -1.51. The van der Waals surface area contributed by atoms with Crippen molar-refractivity contribution < 1.29 is 18.6 Å². The minimum atomic E-state index is -2.59. The molecule has 0 aromatic heterocycles. The SMILES string of the molecule is N#CC1(C(O)c2cccc(C(F)F)c2)CCOC1. The Kier molecular flexibility index (Phi) is 3.60. The molecular weight excluding hydrogens is 240 g/mol. The normalized spacial score (nSPS) is 25.1. The minimum Gasteiger partial charge on any atom is -0.387 e. The first-order chi connectivity index (χ1) is 8.59. The van der Waals surface area contributed by atoms with Gasteiger partial charge in [0, 0.05) is 12.2 Å². The molecule has 1 aliphatic heterocycles. The summed E-state index contributed by atoms with van der Waals surface area (Å²) in [5, 5.41) is 19.4. The molecule has 0 spiro atoms. The van der Waals surface area contributed by atoms with Crippen LogP contribution in [0.2, 0.25) is 0 Å². The van der Waals surface area contributed by atoms with Crippen LogP contribution in [-0.2, 0) is 4.74 Å². The lowest BCUT2D eigenvalue weighted by Gasteiger charge is -2.25. The third kappa shape index (κ3) is 2.22. The molecule has 1 fully saturated rings. The highest BCUT2D eigenvalue weighted by molar-refractivity contribution is 5.29. The number of alkyl halides is 2. The summed E-state index contributed by atoms with van der Waals surface area (Å²) >= 11 is 0. The number of aliphatic hydroxyl groups excluding tert-OH is 1. The van der Waals surface area contributed by atoms with E-state index in [0.29, 0.717) is 18.6 Å². The highest BCUT2D eigenvalue weighted by Gasteiger charge is 2.43. The van der Waals surface area contributed by atoms with Crippen LogP contribution in [0.4, 0.5) is 8.78 Å². The zero-order chi connectivity index (χ0) is 13.2. The van der Waals surface area contributed by atoms with Crippen LogP contribution in [0.25, 0.3) is 0 Å². The van der Waals surface area contributed by atoms with Crippen molar-refractivity contribution in [1.82, 2.24) is 0 Å². The van der Waals surface area contributed by atoms with Crippen molar-refractivity contribution in [2.45, 2.75) is 19.0 Å². The third-order valence-electron chi connectivity index (χ3n) is 3.28. The average Bonchev–Trinajstić information content (AvgIpc) is 2.88. The van der Waals surface area contributed by atoms with Crippen molar-refractivity contribution >= 4 is 0 Å². The van der Waals surface area contributed by atoms with Gasteiger partial charge in [-0.3, -0.25) is 0 Å². The molecule has 0 bridgehead atoms. The average molecular weight is 253 g/mol. The molecule has 1 saturated heterocycles. The maximum atomic E-state index is 12.6. The first-order valence-corrected chi connectivity index (χ1v) is 5.64. The van der Waals surface area contributed by atoms with Crippen molar-refractivity contribution in [2.75, 3.05) is 13.2 Å². The van der Waals surface area contributed by atoms with Gasteiger partial charge >= 0.3 is 0 Å². The van der Waals surface area contributed by atoms with Crippen LogP contribution in [0.1, 0.15) is 30.1 Å². The number of rotatable bonds is 3. The fourth-order valence-corrected chi connectivity index (χ4v) is 2.13. The van der Waals surface area contributed by atoms with Gasteiger partial charge in [0.1, 0.15) is 5.41 Å². The number of hydrogen-bond acceptors (Lipinski definition) is 3. The van der Waals surface area contributed by atoms with Crippen LogP contribution in [0, 0.1) is 16.7 Å². The molecule has 18 heavy (non-hydrogen) atoms. The molecule has 0 radical (unpaired) electrons. The molecule has 1 aliphatic rings. The van der Waals surface area contributed by atoms with Gasteiger partial charge in [-0.2, -0.15) is 5.26 Å². The smallest absolute Gasteiger partial charge is 0.263 e. The van der Waals surface area contributed by atoms with Gasteiger partial charge in [-0.1, -0.05) is 18.2 Å². The molecule has 1 heterocycles. The molecular formula is C13H13F2NO2. The van der Waals surface area contributed by atoms with Crippen LogP contribution in [-0.4, -0.2) is 18.3 Å². The number of aliphatic hydroxyl groups is 1. The van der Waals surface area contributed by atoms with E-state index in [0.717, 1.165) is 0 Å². The summed E-state index contributed by atoms with van der Waals surface area (Å²) in [5.41, 5.74) is -0.848. The quantitative estimate of drug-likeness (QED) is 0.900. The molecule has 0 amide bonds. The molecule has 5 heteroatoms. The second kappa shape index (κ2) is 5.01. The fourth-order valence-electron chi connectivity index (χ4n) is 2.13. The van der Waals surface area contributed by atoms with Crippen molar-refractivity contribution in [1.29, 1.82) is 5.26 Å². The summed E-state index contributed by atoms with van der Waals surface area (Å²) in [7, 11) is 0. The van der Waals surface area contributed by atoms with Crippen LogP contribution in [0.15, 0.2) is 24.3 Å². The molecule has 2 atom stereocenters. The lowest BCUT2D eigenvalue weighted by molar-refractivity contribution is 0.0501. The molecule has 1 N–H and O–H groups in total. The van der Waals surface area contributed by atoms with Crippen molar-refractivity contribution in [3.05, 3.63) is 35.4 Å². The molecule has 1 aromatic carbocycles. The first-order valence-electron chi connectivity index (χ1n) is 5.64. The van der Waals surface area contributed by atoms with Gasteiger partial charge in [-0.05, 0) is 18.1 Å². The second-order valence-corrected chi connectivity index (χ2v) is 4.44. The molecule has 0 saturated carbocycles. The Morgan fingerprint density at radius 1 is 1.39 bits per heavy atom. The Balaban J connectivity index is 2.31. The van der Waals surface area contributed by atoms with Crippen LogP contribution >= 0.6 is 0 Å².